The fraction of sp³-hybridized carbons (Fsp3) is 0.533. The van der Waals surface area contributed by atoms with Crippen LogP contribution in [0.15, 0.2) is 30.3 Å². The lowest BCUT2D eigenvalue weighted by Crippen LogP contribution is -2.19. The topological polar surface area (TPSA) is 54.0 Å². The maximum Gasteiger partial charge on any atom is 0.373 e. The van der Waals surface area contributed by atoms with Gasteiger partial charge in [-0.05, 0) is 45.7 Å². The number of hydrogen-bond donors (Lipinski definition) is 0. The maximum atomic E-state index is 11.5. The molecular formula is C15H22O5. The minimum Gasteiger partial charge on any atom is -0.293 e. The van der Waals surface area contributed by atoms with E-state index in [1.165, 1.54) is 0 Å². The summed E-state index contributed by atoms with van der Waals surface area (Å²) in [6, 6.07) is 8.70. The molecule has 0 atom stereocenters. The van der Waals surface area contributed by atoms with Crippen LogP contribution in [0.1, 0.15) is 44.0 Å². The van der Waals surface area contributed by atoms with Gasteiger partial charge in [-0.15, -0.1) is 0 Å². The van der Waals surface area contributed by atoms with Gasteiger partial charge in [0.2, 0.25) is 0 Å². The molecule has 0 saturated carbocycles. The Bertz CT molecular complexity index is 383. The average molecular weight is 282 g/mol. The zero-order valence-electron chi connectivity index (χ0n) is 12.3. The Hall–Kier alpha value is -1.43. The Kier molecular flexibility index (Phi) is 7.22. The SMILES string of the molecule is CC(C)(C)OOCCCCOOC(=O)c1ccccc1. The summed E-state index contributed by atoms with van der Waals surface area (Å²) < 4.78 is 0. The second-order valence-corrected chi connectivity index (χ2v) is 5.28. The predicted octanol–water partition coefficient (Wildman–Crippen LogP) is 3.30. The molecule has 0 heterocycles. The van der Waals surface area contributed by atoms with Crippen molar-refractivity contribution in [1.82, 2.24) is 0 Å². The Morgan fingerprint density at radius 1 is 1.00 bits per heavy atom. The molecule has 0 aromatic heterocycles. The Labute approximate surface area is 119 Å². The van der Waals surface area contributed by atoms with Crippen LogP contribution < -0.4 is 0 Å². The molecule has 20 heavy (non-hydrogen) atoms. The first-order valence-corrected chi connectivity index (χ1v) is 6.68. The van der Waals surface area contributed by atoms with Crippen molar-refractivity contribution in [2.45, 2.75) is 39.2 Å². The first kappa shape index (κ1) is 16.6. The van der Waals surface area contributed by atoms with E-state index >= 15 is 0 Å². The zero-order valence-corrected chi connectivity index (χ0v) is 12.3. The number of unbranched alkanes of at least 4 members (excludes halogenated alkanes) is 1. The van der Waals surface area contributed by atoms with Gasteiger partial charge >= 0.3 is 5.97 Å². The zero-order chi connectivity index (χ0) is 14.8. The van der Waals surface area contributed by atoms with Crippen LogP contribution >= 0.6 is 0 Å². The largest absolute Gasteiger partial charge is 0.373 e. The van der Waals surface area contributed by atoms with Gasteiger partial charge in [0.15, 0.2) is 0 Å². The monoisotopic (exact) mass is 282 g/mol. The summed E-state index contributed by atoms with van der Waals surface area (Å²) in [5, 5.41) is 0. The summed E-state index contributed by atoms with van der Waals surface area (Å²) in [6.07, 6.45) is 1.48. The lowest BCUT2D eigenvalue weighted by molar-refractivity contribution is -0.349. The minimum atomic E-state index is -0.488. The third-order valence-corrected chi connectivity index (χ3v) is 2.16. The molecule has 5 nitrogen and oxygen atoms in total. The molecule has 5 heteroatoms. The average Bonchev–Trinajstić information content (AvgIpc) is 2.41. The molecule has 0 N–H and O–H groups in total. The van der Waals surface area contributed by atoms with E-state index in [0.717, 1.165) is 12.8 Å². The van der Waals surface area contributed by atoms with Crippen LogP contribution in [0.3, 0.4) is 0 Å². The molecule has 1 rings (SSSR count). The summed E-state index contributed by atoms with van der Waals surface area (Å²) in [5.41, 5.74) is 0.163. The highest BCUT2D eigenvalue weighted by Crippen LogP contribution is 2.07. The van der Waals surface area contributed by atoms with E-state index in [-0.39, 0.29) is 5.60 Å². The number of carbonyl (C=O) groups excluding carboxylic acids is 1. The summed E-state index contributed by atoms with van der Waals surface area (Å²) in [6.45, 7) is 6.56. The molecule has 0 bridgehead atoms. The van der Waals surface area contributed by atoms with Crippen LogP contribution in [0.2, 0.25) is 0 Å². The van der Waals surface area contributed by atoms with Crippen LogP contribution in [0.4, 0.5) is 0 Å². The summed E-state index contributed by atoms with van der Waals surface area (Å²) >= 11 is 0. The molecule has 0 aliphatic rings. The van der Waals surface area contributed by atoms with Crippen molar-refractivity contribution >= 4 is 5.97 Å². The van der Waals surface area contributed by atoms with E-state index in [0.29, 0.717) is 18.8 Å². The van der Waals surface area contributed by atoms with Crippen LogP contribution in [0.5, 0.6) is 0 Å². The van der Waals surface area contributed by atoms with E-state index in [9.17, 15) is 4.79 Å². The second-order valence-electron chi connectivity index (χ2n) is 5.28. The highest BCUT2D eigenvalue weighted by Gasteiger charge is 2.11. The van der Waals surface area contributed by atoms with E-state index < -0.39 is 5.97 Å². The van der Waals surface area contributed by atoms with Crippen LogP contribution in [0, 0.1) is 0 Å². The molecule has 0 aliphatic heterocycles. The Morgan fingerprint density at radius 3 is 2.20 bits per heavy atom. The fourth-order valence-electron chi connectivity index (χ4n) is 1.26. The van der Waals surface area contributed by atoms with E-state index in [4.69, 9.17) is 14.7 Å². The van der Waals surface area contributed by atoms with Gasteiger partial charge in [0.05, 0.1) is 24.4 Å². The molecule has 0 unspecified atom stereocenters. The van der Waals surface area contributed by atoms with Gasteiger partial charge in [-0.1, -0.05) is 18.2 Å². The van der Waals surface area contributed by atoms with Crippen molar-refractivity contribution < 1.29 is 24.3 Å². The lowest BCUT2D eigenvalue weighted by atomic mass is 10.2. The summed E-state index contributed by atoms with van der Waals surface area (Å²) in [5.74, 6) is -0.488. The Balaban J connectivity index is 1.99. The molecule has 0 aliphatic carbocycles. The number of rotatable bonds is 8. The van der Waals surface area contributed by atoms with Crippen LogP contribution in [-0.2, 0) is 19.6 Å². The number of benzene rings is 1. The molecule has 0 radical (unpaired) electrons. The quantitative estimate of drug-likeness (QED) is 0.416. The van der Waals surface area contributed by atoms with Crippen molar-refractivity contribution in [2.24, 2.45) is 0 Å². The first-order chi connectivity index (χ1) is 9.49. The van der Waals surface area contributed by atoms with E-state index in [1.54, 1.807) is 24.3 Å². The van der Waals surface area contributed by atoms with Crippen molar-refractivity contribution in [3.05, 3.63) is 35.9 Å². The maximum absolute atomic E-state index is 11.5. The third-order valence-electron chi connectivity index (χ3n) is 2.16. The molecule has 112 valence electrons. The van der Waals surface area contributed by atoms with Crippen molar-refractivity contribution in [3.63, 3.8) is 0 Å². The molecular weight excluding hydrogens is 260 g/mol. The first-order valence-electron chi connectivity index (χ1n) is 6.68. The molecule has 0 fully saturated rings. The minimum absolute atomic E-state index is 0.304. The third kappa shape index (κ3) is 7.89. The second kappa shape index (κ2) is 8.68. The normalized spacial score (nSPS) is 11.3. The van der Waals surface area contributed by atoms with Gasteiger partial charge < -0.3 is 0 Å². The van der Waals surface area contributed by atoms with Gasteiger partial charge in [-0.3, -0.25) is 4.89 Å². The van der Waals surface area contributed by atoms with Gasteiger partial charge in [0, 0.05) is 0 Å². The van der Waals surface area contributed by atoms with Gasteiger partial charge in [-0.2, -0.15) is 4.89 Å². The van der Waals surface area contributed by atoms with Crippen LogP contribution in [0.25, 0.3) is 0 Å². The number of carbonyl (C=O) groups is 1. The van der Waals surface area contributed by atoms with Gasteiger partial charge in [-0.25, -0.2) is 14.6 Å². The predicted molar refractivity (Wildman–Crippen MR) is 73.8 cm³/mol. The summed E-state index contributed by atoms with van der Waals surface area (Å²) in [4.78, 5) is 31.2. The highest BCUT2D eigenvalue weighted by atomic mass is 17.2. The molecule has 0 spiro atoms. The van der Waals surface area contributed by atoms with E-state index in [1.807, 2.05) is 26.8 Å². The van der Waals surface area contributed by atoms with Crippen molar-refractivity contribution in [1.29, 1.82) is 0 Å². The summed E-state index contributed by atoms with van der Waals surface area (Å²) in [7, 11) is 0. The van der Waals surface area contributed by atoms with Crippen molar-refractivity contribution in [3.8, 4) is 0 Å². The smallest absolute Gasteiger partial charge is 0.293 e. The standard InChI is InChI=1S/C15H22O5/c1-15(2,3)20-18-12-8-7-11-17-19-14(16)13-9-5-4-6-10-13/h4-6,9-10H,7-8,11-12H2,1-3H3. The highest BCUT2D eigenvalue weighted by molar-refractivity contribution is 5.88. The molecule has 1 aromatic rings. The van der Waals surface area contributed by atoms with Crippen LogP contribution in [-0.4, -0.2) is 24.8 Å². The molecule has 0 saturated heterocycles. The number of hydrogen-bond acceptors (Lipinski definition) is 5. The molecule has 1 aromatic carbocycles. The van der Waals surface area contributed by atoms with Gasteiger partial charge in [0.25, 0.3) is 0 Å². The van der Waals surface area contributed by atoms with E-state index in [2.05, 4.69) is 4.89 Å². The lowest BCUT2D eigenvalue weighted by Gasteiger charge is -2.17. The molecule has 0 amide bonds. The van der Waals surface area contributed by atoms with Crippen molar-refractivity contribution in [2.75, 3.05) is 13.2 Å². The Morgan fingerprint density at radius 2 is 1.60 bits per heavy atom. The van der Waals surface area contributed by atoms with Gasteiger partial charge in [0.1, 0.15) is 0 Å². The fourth-order valence-corrected chi connectivity index (χ4v) is 1.26.